The molecule has 0 atom stereocenters. The average Bonchev–Trinajstić information content (AvgIpc) is 3.25. The number of benzene rings is 1. The number of aromatic nitrogens is 1. The lowest BCUT2D eigenvalue weighted by atomic mass is 10.1. The SMILES string of the molecule is O=C(c1ccco1)N1CCN(c2cccc3[nH]ccc23)CC1. The van der Waals surface area contributed by atoms with E-state index < -0.39 is 0 Å². The van der Waals surface area contributed by atoms with Crippen molar-refractivity contribution in [1.82, 2.24) is 9.88 Å². The molecule has 1 saturated heterocycles. The second kappa shape index (κ2) is 5.26. The molecule has 0 unspecified atom stereocenters. The number of H-pyrrole nitrogens is 1. The minimum absolute atomic E-state index is 0.0236. The van der Waals surface area contributed by atoms with Gasteiger partial charge in [-0.15, -0.1) is 0 Å². The second-order valence-corrected chi connectivity index (χ2v) is 5.47. The van der Waals surface area contributed by atoms with E-state index in [2.05, 4.69) is 34.1 Å². The fraction of sp³-hybridized carbons (Fsp3) is 0.235. The molecule has 0 radical (unpaired) electrons. The molecule has 0 spiro atoms. The highest BCUT2D eigenvalue weighted by Gasteiger charge is 2.24. The summed E-state index contributed by atoms with van der Waals surface area (Å²) in [6.45, 7) is 3.08. The van der Waals surface area contributed by atoms with E-state index in [4.69, 9.17) is 4.42 Å². The Balaban J connectivity index is 1.50. The van der Waals surface area contributed by atoms with Gasteiger partial charge in [-0.3, -0.25) is 4.79 Å². The van der Waals surface area contributed by atoms with E-state index in [1.165, 1.54) is 17.3 Å². The quantitative estimate of drug-likeness (QED) is 0.791. The van der Waals surface area contributed by atoms with E-state index in [1.807, 2.05) is 11.1 Å². The molecule has 1 N–H and O–H groups in total. The van der Waals surface area contributed by atoms with Crippen molar-refractivity contribution < 1.29 is 9.21 Å². The lowest BCUT2D eigenvalue weighted by molar-refractivity contribution is 0.0715. The lowest BCUT2D eigenvalue weighted by Gasteiger charge is -2.36. The number of carbonyl (C=O) groups excluding carboxylic acids is 1. The van der Waals surface area contributed by atoms with E-state index >= 15 is 0 Å². The molecule has 5 heteroatoms. The summed E-state index contributed by atoms with van der Waals surface area (Å²) in [6, 6.07) is 11.8. The van der Waals surface area contributed by atoms with Crippen LogP contribution >= 0.6 is 0 Å². The summed E-state index contributed by atoms with van der Waals surface area (Å²) in [5.41, 5.74) is 2.37. The van der Waals surface area contributed by atoms with Gasteiger partial charge in [0.1, 0.15) is 0 Å². The first-order valence-corrected chi connectivity index (χ1v) is 7.47. The molecule has 3 heterocycles. The number of nitrogens with zero attached hydrogens (tertiary/aromatic N) is 2. The minimum Gasteiger partial charge on any atom is -0.459 e. The Hall–Kier alpha value is -2.69. The number of amides is 1. The molecule has 112 valence electrons. The third-order valence-corrected chi connectivity index (χ3v) is 4.21. The minimum atomic E-state index is -0.0236. The predicted octanol–water partition coefficient (Wildman–Crippen LogP) is 2.72. The van der Waals surface area contributed by atoms with Crippen molar-refractivity contribution in [3.05, 3.63) is 54.6 Å². The van der Waals surface area contributed by atoms with Crippen LogP contribution in [0.15, 0.2) is 53.3 Å². The number of hydrogen-bond acceptors (Lipinski definition) is 3. The average molecular weight is 295 g/mol. The third-order valence-electron chi connectivity index (χ3n) is 4.21. The number of rotatable bonds is 2. The van der Waals surface area contributed by atoms with Crippen LogP contribution in [0, 0.1) is 0 Å². The van der Waals surface area contributed by atoms with Gasteiger partial charge in [0.2, 0.25) is 0 Å². The van der Waals surface area contributed by atoms with E-state index in [9.17, 15) is 4.79 Å². The first-order valence-electron chi connectivity index (χ1n) is 7.47. The summed E-state index contributed by atoms with van der Waals surface area (Å²) >= 11 is 0. The van der Waals surface area contributed by atoms with Crippen LogP contribution in [0.2, 0.25) is 0 Å². The maximum Gasteiger partial charge on any atom is 0.289 e. The van der Waals surface area contributed by atoms with E-state index in [0.717, 1.165) is 18.6 Å². The van der Waals surface area contributed by atoms with Crippen LogP contribution < -0.4 is 4.90 Å². The van der Waals surface area contributed by atoms with E-state index in [1.54, 1.807) is 12.1 Å². The van der Waals surface area contributed by atoms with Crippen molar-refractivity contribution in [1.29, 1.82) is 0 Å². The number of aromatic amines is 1. The number of anilines is 1. The highest BCUT2D eigenvalue weighted by Crippen LogP contribution is 2.27. The number of fused-ring (bicyclic) bond motifs is 1. The Morgan fingerprint density at radius 1 is 1.05 bits per heavy atom. The smallest absolute Gasteiger partial charge is 0.289 e. The van der Waals surface area contributed by atoms with Gasteiger partial charge in [-0.25, -0.2) is 0 Å². The molecule has 5 nitrogen and oxygen atoms in total. The van der Waals surface area contributed by atoms with Gasteiger partial charge in [-0.05, 0) is 30.3 Å². The summed E-state index contributed by atoms with van der Waals surface area (Å²) in [5.74, 6) is 0.394. The van der Waals surface area contributed by atoms with Crippen LogP contribution in [0.3, 0.4) is 0 Å². The predicted molar refractivity (Wildman–Crippen MR) is 85.1 cm³/mol. The van der Waals surface area contributed by atoms with Crippen molar-refractivity contribution in [3.8, 4) is 0 Å². The van der Waals surface area contributed by atoms with Crippen molar-refractivity contribution in [2.75, 3.05) is 31.1 Å². The topological polar surface area (TPSA) is 52.5 Å². The van der Waals surface area contributed by atoms with Crippen LogP contribution in [0.5, 0.6) is 0 Å². The van der Waals surface area contributed by atoms with Crippen LogP contribution in [0.4, 0.5) is 5.69 Å². The number of carbonyl (C=O) groups is 1. The molecule has 1 fully saturated rings. The summed E-state index contributed by atoms with van der Waals surface area (Å²) in [4.78, 5) is 19.7. The van der Waals surface area contributed by atoms with Gasteiger partial charge >= 0.3 is 0 Å². The largest absolute Gasteiger partial charge is 0.459 e. The molecule has 1 aliphatic heterocycles. The van der Waals surface area contributed by atoms with E-state index in [-0.39, 0.29) is 5.91 Å². The van der Waals surface area contributed by atoms with Gasteiger partial charge in [0.05, 0.1) is 6.26 Å². The first kappa shape index (κ1) is 13.0. The Kier molecular flexibility index (Phi) is 3.11. The van der Waals surface area contributed by atoms with Gasteiger partial charge in [-0.1, -0.05) is 6.07 Å². The van der Waals surface area contributed by atoms with Gasteiger partial charge in [0, 0.05) is 49.0 Å². The normalized spacial score (nSPS) is 15.5. The molecule has 0 aliphatic carbocycles. The Bertz CT molecular complexity index is 783. The fourth-order valence-corrected chi connectivity index (χ4v) is 3.05. The van der Waals surface area contributed by atoms with Crippen molar-refractivity contribution in [2.45, 2.75) is 0 Å². The zero-order valence-corrected chi connectivity index (χ0v) is 12.2. The molecular formula is C17H17N3O2. The number of furan rings is 1. The Morgan fingerprint density at radius 3 is 2.68 bits per heavy atom. The maximum absolute atomic E-state index is 12.3. The summed E-state index contributed by atoms with van der Waals surface area (Å²) < 4.78 is 5.20. The van der Waals surface area contributed by atoms with Crippen LogP contribution in [-0.2, 0) is 0 Å². The van der Waals surface area contributed by atoms with Gasteiger partial charge in [0.15, 0.2) is 5.76 Å². The maximum atomic E-state index is 12.3. The molecule has 0 saturated carbocycles. The molecule has 22 heavy (non-hydrogen) atoms. The highest BCUT2D eigenvalue weighted by atomic mass is 16.3. The first-order chi connectivity index (χ1) is 10.8. The highest BCUT2D eigenvalue weighted by molar-refractivity contribution is 5.93. The van der Waals surface area contributed by atoms with Gasteiger partial charge < -0.3 is 19.2 Å². The lowest BCUT2D eigenvalue weighted by Crippen LogP contribution is -2.48. The Labute approximate surface area is 128 Å². The van der Waals surface area contributed by atoms with Crippen LogP contribution in [-0.4, -0.2) is 42.0 Å². The monoisotopic (exact) mass is 295 g/mol. The number of nitrogens with one attached hydrogen (secondary N) is 1. The van der Waals surface area contributed by atoms with Crippen molar-refractivity contribution in [3.63, 3.8) is 0 Å². The van der Waals surface area contributed by atoms with Crippen molar-refractivity contribution in [2.24, 2.45) is 0 Å². The molecule has 2 aromatic heterocycles. The molecule has 1 aromatic carbocycles. The zero-order chi connectivity index (χ0) is 14.9. The van der Waals surface area contributed by atoms with Crippen LogP contribution in [0.1, 0.15) is 10.6 Å². The van der Waals surface area contributed by atoms with E-state index in [0.29, 0.717) is 18.8 Å². The third kappa shape index (κ3) is 2.15. The molecular weight excluding hydrogens is 278 g/mol. The molecule has 3 aromatic rings. The van der Waals surface area contributed by atoms with Crippen molar-refractivity contribution >= 4 is 22.5 Å². The zero-order valence-electron chi connectivity index (χ0n) is 12.2. The summed E-state index contributed by atoms with van der Waals surface area (Å²) in [7, 11) is 0. The van der Waals surface area contributed by atoms with Crippen LogP contribution in [0.25, 0.3) is 10.9 Å². The standard InChI is InChI=1S/C17H17N3O2/c21-17(16-5-2-12-22-16)20-10-8-19(9-11-20)15-4-1-3-14-13(15)6-7-18-14/h1-7,12,18H,8-11H2. The Morgan fingerprint density at radius 2 is 1.91 bits per heavy atom. The molecule has 4 rings (SSSR count). The number of hydrogen-bond donors (Lipinski definition) is 1. The summed E-state index contributed by atoms with van der Waals surface area (Å²) in [5, 5.41) is 1.23. The second-order valence-electron chi connectivity index (χ2n) is 5.47. The molecule has 1 amide bonds. The molecule has 1 aliphatic rings. The van der Waals surface area contributed by atoms with Gasteiger partial charge in [-0.2, -0.15) is 0 Å². The summed E-state index contributed by atoms with van der Waals surface area (Å²) in [6.07, 6.45) is 3.50. The van der Waals surface area contributed by atoms with Gasteiger partial charge in [0.25, 0.3) is 5.91 Å². The fourth-order valence-electron chi connectivity index (χ4n) is 3.05. The number of piperazine rings is 1. The molecule has 0 bridgehead atoms.